The van der Waals surface area contributed by atoms with Crippen LogP contribution in [0, 0.1) is 0 Å². The lowest BCUT2D eigenvalue weighted by molar-refractivity contribution is 0.101. The molecule has 0 fully saturated rings. The van der Waals surface area contributed by atoms with Gasteiger partial charge in [0.15, 0.2) is 5.78 Å². The Kier molecular flexibility index (Phi) is 5.54. The zero-order valence-corrected chi connectivity index (χ0v) is 13.0. The Morgan fingerprint density at radius 1 is 1.06 bits per heavy atom. The molecule has 0 unspecified atom stereocenters. The van der Waals surface area contributed by atoms with E-state index in [1.807, 2.05) is 24.3 Å². The molecule has 0 amide bonds. The molecule has 0 spiro atoms. The molecular formula is C16H24OSi. The van der Waals surface area contributed by atoms with Gasteiger partial charge in [0.25, 0.3) is 0 Å². The van der Waals surface area contributed by atoms with Crippen molar-refractivity contribution in [2.75, 3.05) is 0 Å². The van der Waals surface area contributed by atoms with Gasteiger partial charge < -0.3 is 0 Å². The summed E-state index contributed by atoms with van der Waals surface area (Å²) >= 11 is 0. The van der Waals surface area contributed by atoms with Gasteiger partial charge in [0.2, 0.25) is 0 Å². The fraction of sp³-hybridized carbons (Fsp3) is 0.438. The maximum Gasteiger partial charge on any atom is 0.159 e. The first-order valence-electron chi connectivity index (χ1n) is 6.87. The van der Waals surface area contributed by atoms with Crippen LogP contribution in [0.25, 0.3) is 6.08 Å². The fourth-order valence-corrected chi connectivity index (χ4v) is 4.96. The average molecular weight is 260 g/mol. The summed E-state index contributed by atoms with van der Waals surface area (Å²) in [6, 6.07) is 11.8. The smallest absolute Gasteiger partial charge is 0.159 e. The molecule has 0 N–H and O–H groups in total. The number of benzene rings is 1. The number of carbonyl (C=O) groups is 1. The van der Waals surface area contributed by atoms with Crippen LogP contribution >= 0.6 is 0 Å². The van der Waals surface area contributed by atoms with Gasteiger partial charge in [-0.05, 0) is 12.5 Å². The Balaban J connectivity index is 2.86. The summed E-state index contributed by atoms with van der Waals surface area (Å²) in [6.07, 6.45) is 2.24. The van der Waals surface area contributed by atoms with Gasteiger partial charge in [-0.1, -0.05) is 74.9 Å². The van der Waals surface area contributed by atoms with Crippen molar-refractivity contribution < 1.29 is 4.79 Å². The van der Waals surface area contributed by atoms with Crippen LogP contribution in [0.15, 0.2) is 30.0 Å². The first kappa shape index (κ1) is 14.9. The molecule has 0 heterocycles. The molecule has 0 bridgehead atoms. The van der Waals surface area contributed by atoms with Crippen LogP contribution in [0.3, 0.4) is 0 Å². The standard InChI is InChI=1S/C16H24OSi/c1-5-18(6-2,7-3)13-12-15-8-10-16(11-9-15)14(4)17/h8-13H,5-7H2,1-4H3/b13-12+. The highest BCUT2D eigenvalue weighted by Crippen LogP contribution is 2.22. The Morgan fingerprint density at radius 2 is 1.56 bits per heavy atom. The second kappa shape index (κ2) is 6.69. The van der Waals surface area contributed by atoms with E-state index in [4.69, 9.17) is 0 Å². The van der Waals surface area contributed by atoms with E-state index in [0.29, 0.717) is 0 Å². The van der Waals surface area contributed by atoms with Crippen molar-refractivity contribution in [1.29, 1.82) is 0 Å². The molecule has 0 aliphatic heterocycles. The summed E-state index contributed by atoms with van der Waals surface area (Å²) in [7, 11) is -1.18. The van der Waals surface area contributed by atoms with E-state index in [2.05, 4.69) is 32.5 Å². The molecule has 18 heavy (non-hydrogen) atoms. The third kappa shape index (κ3) is 3.67. The second-order valence-corrected chi connectivity index (χ2v) is 10.1. The van der Waals surface area contributed by atoms with Crippen molar-refractivity contribution in [3.8, 4) is 0 Å². The lowest BCUT2D eigenvalue weighted by Gasteiger charge is -2.23. The van der Waals surface area contributed by atoms with Crippen LogP contribution in [0.4, 0.5) is 0 Å². The fourth-order valence-electron chi connectivity index (χ4n) is 2.21. The van der Waals surface area contributed by atoms with Crippen LogP contribution in [-0.4, -0.2) is 13.9 Å². The van der Waals surface area contributed by atoms with Gasteiger partial charge in [0, 0.05) is 5.56 Å². The predicted octanol–water partition coefficient (Wildman–Crippen LogP) is 4.95. The topological polar surface area (TPSA) is 17.1 Å². The van der Waals surface area contributed by atoms with E-state index in [9.17, 15) is 4.79 Å². The van der Waals surface area contributed by atoms with E-state index < -0.39 is 8.07 Å². The van der Waals surface area contributed by atoms with Gasteiger partial charge in [0.05, 0.1) is 8.07 Å². The molecule has 0 radical (unpaired) electrons. The van der Waals surface area contributed by atoms with Gasteiger partial charge >= 0.3 is 0 Å². The highest BCUT2D eigenvalue weighted by molar-refractivity contribution is 6.84. The minimum atomic E-state index is -1.18. The van der Waals surface area contributed by atoms with Crippen LogP contribution < -0.4 is 0 Å². The number of rotatable bonds is 6. The molecule has 0 saturated carbocycles. The third-order valence-electron chi connectivity index (χ3n) is 4.06. The summed E-state index contributed by atoms with van der Waals surface area (Å²) in [4.78, 5) is 11.2. The maximum atomic E-state index is 11.2. The molecule has 1 nitrogen and oxygen atoms in total. The summed E-state index contributed by atoms with van der Waals surface area (Å²) in [5.74, 6) is 0.130. The zero-order chi connectivity index (χ0) is 13.6. The minimum absolute atomic E-state index is 0.130. The Labute approximate surface area is 112 Å². The second-order valence-electron chi connectivity index (χ2n) is 4.93. The van der Waals surface area contributed by atoms with Gasteiger partial charge in [-0.3, -0.25) is 4.79 Å². The van der Waals surface area contributed by atoms with Crippen molar-refractivity contribution in [3.05, 3.63) is 41.1 Å². The van der Waals surface area contributed by atoms with E-state index >= 15 is 0 Å². The Morgan fingerprint density at radius 3 is 1.94 bits per heavy atom. The van der Waals surface area contributed by atoms with Crippen molar-refractivity contribution in [2.45, 2.75) is 45.8 Å². The normalized spacial score (nSPS) is 12.0. The zero-order valence-electron chi connectivity index (χ0n) is 12.0. The van der Waals surface area contributed by atoms with E-state index in [1.54, 1.807) is 6.92 Å². The molecule has 0 aliphatic rings. The molecular weight excluding hydrogens is 236 g/mol. The molecule has 98 valence electrons. The van der Waals surface area contributed by atoms with Gasteiger partial charge in [-0.2, -0.15) is 0 Å². The third-order valence-corrected chi connectivity index (χ3v) is 9.16. The number of carbonyl (C=O) groups excluding carboxylic acids is 1. The van der Waals surface area contributed by atoms with E-state index in [-0.39, 0.29) is 5.78 Å². The number of Topliss-reactive ketones (excluding diaryl/α,β-unsaturated/α-hetero) is 1. The first-order chi connectivity index (χ1) is 8.56. The van der Waals surface area contributed by atoms with Crippen molar-refractivity contribution >= 4 is 19.9 Å². The van der Waals surface area contributed by atoms with E-state index in [1.165, 1.54) is 23.7 Å². The Hall–Kier alpha value is -1.15. The lowest BCUT2D eigenvalue weighted by Crippen LogP contribution is -2.28. The molecule has 1 aromatic rings. The van der Waals surface area contributed by atoms with Gasteiger partial charge in [-0.25, -0.2) is 0 Å². The van der Waals surface area contributed by atoms with Crippen LogP contribution in [0.1, 0.15) is 43.6 Å². The highest BCUT2D eigenvalue weighted by atomic mass is 28.3. The molecule has 0 saturated heterocycles. The molecule has 0 atom stereocenters. The summed E-state index contributed by atoms with van der Waals surface area (Å²) in [6.45, 7) is 8.53. The van der Waals surface area contributed by atoms with Crippen molar-refractivity contribution in [3.63, 3.8) is 0 Å². The molecule has 0 aromatic heterocycles. The average Bonchev–Trinajstić information content (AvgIpc) is 2.41. The SMILES string of the molecule is CC[Si](/C=C/c1ccc(C(C)=O)cc1)(CC)CC. The molecule has 1 aromatic carbocycles. The molecule has 2 heteroatoms. The van der Waals surface area contributed by atoms with Crippen molar-refractivity contribution in [1.82, 2.24) is 0 Å². The predicted molar refractivity (Wildman–Crippen MR) is 82.7 cm³/mol. The Bertz CT molecular complexity index is 405. The maximum absolute atomic E-state index is 11.2. The van der Waals surface area contributed by atoms with Crippen LogP contribution in [0.2, 0.25) is 18.1 Å². The summed E-state index contributed by atoms with van der Waals surface area (Å²) in [5.41, 5.74) is 4.46. The summed E-state index contributed by atoms with van der Waals surface area (Å²) in [5, 5.41) is 0. The summed E-state index contributed by atoms with van der Waals surface area (Å²) < 4.78 is 0. The number of hydrogen-bond donors (Lipinski definition) is 0. The minimum Gasteiger partial charge on any atom is -0.295 e. The molecule has 0 aliphatic carbocycles. The largest absolute Gasteiger partial charge is 0.295 e. The molecule has 1 rings (SSSR count). The highest BCUT2D eigenvalue weighted by Gasteiger charge is 2.22. The monoisotopic (exact) mass is 260 g/mol. The van der Waals surface area contributed by atoms with Gasteiger partial charge in [-0.15, -0.1) is 0 Å². The quantitative estimate of drug-likeness (QED) is 0.522. The van der Waals surface area contributed by atoms with Crippen LogP contribution in [0.5, 0.6) is 0 Å². The van der Waals surface area contributed by atoms with E-state index in [0.717, 1.165) is 5.56 Å². The lowest BCUT2D eigenvalue weighted by atomic mass is 10.1. The number of hydrogen-bond acceptors (Lipinski definition) is 1. The first-order valence-corrected chi connectivity index (χ1v) is 9.57. The van der Waals surface area contributed by atoms with Gasteiger partial charge in [0.1, 0.15) is 0 Å². The number of ketones is 1. The van der Waals surface area contributed by atoms with Crippen molar-refractivity contribution in [2.24, 2.45) is 0 Å². The van der Waals surface area contributed by atoms with Crippen LogP contribution in [-0.2, 0) is 0 Å².